The normalized spacial score (nSPS) is 11.8. The maximum absolute atomic E-state index is 11.1. The average Bonchev–Trinajstić information content (AvgIpc) is 2.04. The van der Waals surface area contributed by atoms with Gasteiger partial charge in [-0.15, -0.1) is 0 Å². The van der Waals surface area contributed by atoms with Crippen molar-refractivity contribution in [1.29, 1.82) is 0 Å². The van der Waals surface area contributed by atoms with Crippen molar-refractivity contribution in [2.45, 2.75) is 20.8 Å². The Morgan fingerprint density at radius 3 is 2.31 bits per heavy atom. The molecule has 0 heterocycles. The van der Waals surface area contributed by atoms with E-state index in [1.807, 2.05) is 13.8 Å². The molecule has 78 valence electrons. The first-order chi connectivity index (χ1) is 5.89. The third-order valence-electron chi connectivity index (χ3n) is 2.27. The number of likely N-dealkylation sites (N-methyl/N-ethyl adjacent to an activating group) is 1. The number of ether oxygens (including phenoxy) is 1. The fraction of sp³-hybridized carbons (Fsp3) is 0.900. The number of carbonyl (C=O) groups is 1. The summed E-state index contributed by atoms with van der Waals surface area (Å²) in [6.07, 6.45) is 0. The second-order valence-electron chi connectivity index (χ2n) is 4.30. The molecular weight excluding hydrogens is 166 g/mol. The standard InChI is InChI=1S/C10H22NO2/c1-6-11(4,5)7-8-13-10(12)9(2)3/h9H,6-8H2,1-5H3/q+1. The zero-order valence-corrected chi connectivity index (χ0v) is 9.46. The molecule has 0 radical (unpaired) electrons. The summed E-state index contributed by atoms with van der Waals surface area (Å²) < 4.78 is 5.98. The molecule has 0 amide bonds. The predicted molar refractivity (Wildman–Crippen MR) is 53.3 cm³/mol. The maximum Gasteiger partial charge on any atom is 0.308 e. The van der Waals surface area contributed by atoms with Crippen molar-refractivity contribution < 1.29 is 14.0 Å². The smallest absolute Gasteiger partial charge is 0.308 e. The lowest BCUT2D eigenvalue weighted by Gasteiger charge is -2.27. The van der Waals surface area contributed by atoms with Crippen LogP contribution in [-0.4, -0.2) is 44.2 Å². The molecule has 0 spiro atoms. The summed E-state index contributed by atoms with van der Waals surface area (Å²) in [4.78, 5) is 11.1. The average molecular weight is 188 g/mol. The summed E-state index contributed by atoms with van der Waals surface area (Å²) >= 11 is 0. The Morgan fingerprint density at radius 2 is 1.92 bits per heavy atom. The highest BCUT2D eigenvalue weighted by atomic mass is 16.5. The molecule has 3 nitrogen and oxygen atoms in total. The molecule has 0 aromatic rings. The van der Waals surface area contributed by atoms with E-state index < -0.39 is 0 Å². The molecule has 0 rings (SSSR count). The van der Waals surface area contributed by atoms with Gasteiger partial charge in [-0.1, -0.05) is 13.8 Å². The molecule has 0 N–H and O–H groups in total. The van der Waals surface area contributed by atoms with Gasteiger partial charge in [-0.3, -0.25) is 4.79 Å². The van der Waals surface area contributed by atoms with Crippen LogP contribution in [0.5, 0.6) is 0 Å². The molecule has 0 aromatic heterocycles. The van der Waals surface area contributed by atoms with Gasteiger partial charge in [0.05, 0.1) is 26.6 Å². The van der Waals surface area contributed by atoms with Gasteiger partial charge in [0.25, 0.3) is 0 Å². The number of quaternary nitrogens is 1. The molecule has 0 aliphatic heterocycles. The van der Waals surface area contributed by atoms with E-state index in [1.165, 1.54) is 0 Å². The lowest BCUT2D eigenvalue weighted by Crippen LogP contribution is -2.42. The van der Waals surface area contributed by atoms with Crippen molar-refractivity contribution in [2.24, 2.45) is 5.92 Å². The van der Waals surface area contributed by atoms with E-state index in [-0.39, 0.29) is 11.9 Å². The van der Waals surface area contributed by atoms with Crippen molar-refractivity contribution in [1.82, 2.24) is 0 Å². The molecule has 0 aliphatic carbocycles. The van der Waals surface area contributed by atoms with Gasteiger partial charge >= 0.3 is 5.97 Å². The third-order valence-corrected chi connectivity index (χ3v) is 2.27. The summed E-state index contributed by atoms with van der Waals surface area (Å²) in [6, 6.07) is 0. The molecule has 0 saturated heterocycles. The van der Waals surface area contributed by atoms with Crippen molar-refractivity contribution >= 4 is 5.97 Å². The topological polar surface area (TPSA) is 26.3 Å². The number of nitrogens with zero attached hydrogens (tertiary/aromatic N) is 1. The second-order valence-corrected chi connectivity index (χ2v) is 4.30. The molecule has 0 fully saturated rings. The molecule has 0 unspecified atom stereocenters. The Hall–Kier alpha value is -0.570. The van der Waals surface area contributed by atoms with Crippen LogP contribution in [0.25, 0.3) is 0 Å². The summed E-state index contributed by atoms with van der Waals surface area (Å²) in [6.45, 7) is 8.29. The molecule has 0 atom stereocenters. The maximum atomic E-state index is 11.1. The van der Waals surface area contributed by atoms with Crippen LogP contribution in [-0.2, 0) is 9.53 Å². The number of rotatable bonds is 5. The van der Waals surface area contributed by atoms with Crippen LogP contribution in [0.1, 0.15) is 20.8 Å². The van der Waals surface area contributed by atoms with Crippen LogP contribution >= 0.6 is 0 Å². The van der Waals surface area contributed by atoms with Gasteiger partial charge in [0.15, 0.2) is 0 Å². The van der Waals surface area contributed by atoms with E-state index in [2.05, 4.69) is 21.0 Å². The van der Waals surface area contributed by atoms with Crippen molar-refractivity contribution in [3.05, 3.63) is 0 Å². The molecule has 0 saturated carbocycles. The first-order valence-corrected chi connectivity index (χ1v) is 4.87. The second kappa shape index (κ2) is 5.22. The summed E-state index contributed by atoms with van der Waals surface area (Å²) in [5.41, 5.74) is 0. The quantitative estimate of drug-likeness (QED) is 0.480. The van der Waals surface area contributed by atoms with Gasteiger partial charge in [-0.05, 0) is 6.92 Å². The lowest BCUT2D eigenvalue weighted by molar-refractivity contribution is -0.888. The Morgan fingerprint density at radius 1 is 1.38 bits per heavy atom. The predicted octanol–water partition coefficient (Wildman–Crippen LogP) is 1.28. The zero-order valence-electron chi connectivity index (χ0n) is 9.46. The van der Waals surface area contributed by atoms with E-state index in [0.717, 1.165) is 17.6 Å². The van der Waals surface area contributed by atoms with Gasteiger partial charge in [0.1, 0.15) is 13.2 Å². The number of hydrogen-bond donors (Lipinski definition) is 0. The number of carbonyl (C=O) groups excluding carboxylic acids is 1. The van der Waals surface area contributed by atoms with Gasteiger partial charge in [0, 0.05) is 0 Å². The number of hydrogen-bond acceptors (Lipinski definition) is 2. The SMILES string of the molecule is CC[N+](C)(C)CCOC(=O)C(C)C. The molecular formula is C10H22NO2+. The van der Waals surface area contributed by atoms with Crippen LogP contribution in [0.3, 0.4) is 0 Å². The zero-order chi connectivity index (χ0) is 10.5. The van der Waals surface area contributed by atoms with Gasteiger partial charge < -0.3 is 9.22 Å². The van der Waals surface area contributed by atoms with Crippen molar-refractivity contribution in [3.63, 3.8) is 0 Å². The summed E-state index contributed by atoms with van der Waals surface area (Å²) in [5.74, 6) is -0.117. The van der Waals surface area contributed by atoms with E-state index in [9.17, 15) is 4.79 Å². The minimum Gasteiger partial charge on any atom is -0.459 e. The third kappa shape index (κ3) is 5.64. The molecule has 0 aromatic carbocycles. The fourth-order valence-electron chi connectivity index (χ4n) is 0.718. The molecule has 3 heteroatoms. The highest BCUT2D eigenvalue weighted by Crippen LogP contribution is 1.99. The Kier molecular flexibility index (Phi) is 4.99. The van der Waals surface area contributed by atoms with Crippen LogP contribution in [0.15, 0.2) is 0 Å². The van der Waals surface area contributed by atoms with Crippen molar-refractivity contribution in [2.75, 3.05) is 33.8 Å². The van der Waals surface area contributed by atoms with Crippen molar-refractivity contribution in [3.8, 4) is 0 Å². The summed E-state index contributed by atoms with van der Waals surface area (Å²) in [5, 5.41) is 0. The Balaban J connectivity index is 3.62. The lowest BCUT2D eigenvalue weighted by atomic mass is 10.2. The highest BCUT2D eigenvalue weighted by molar-refractivity contribution is 5.71. The van der Waals surface area contributed by atoms with Crippen LogP contribution in [0.4, 0.5) is 0 Å². The van der Waals surface area contributed by atoms with Gasteiger partial charge in [-0.25, -0.2) is 0 Å². The Bertz CT molecular complexity index is 164. The molecule has 0 aliphatic rings. The first-order valence-electron chi connectivity index (χ1n) is 4.87. The van der Waals surface area contributed by atoms with Crippen LogP contribution in [0.2, 0.25) is 0 Å². The van der Waals surface area contributed by atoms with E-state index in [4.69, 9.17) is 4.74 Å². The minimum atomic E-state index is -0.101. The fourth-order valence-corrected chi connectivity index (χ4v) is 0.718. The van der Waals surface area contributed by atoms with E-state index in [1.54, 1.807) is 0 Å². The minimum absolute atomic E-state index is 0.0164. The van der Waals surface area contributed by atoms with Gasteiger partial charge in [0.2, 0.25) is 0 Å². The first kappa shape index (κ1) is 12.4. The van der Waals surface area contributed by atoms with Crippen LogP contribution < -0.4 is 0 Å². The number of esters is 1. The largest absolute Gasteiger partial charge is 0.459 e. The van der Waals surface area contributed by atoms with Gasteiger partial charge in [-0.2, -0.15) is 0 Å². The molecule has 0 bridgehead atoms. The Labute approximate surface area is 81.3 Å². The highest BCUT2D eigenvalue weighted by Gasteiger charge is 2.14. The van der Waals surface area contributed by atoms with E-state index >= 15 is 0 Å². The monoisotopic (exact) mass is 188 g/mol. The molecule has 13 heavy (non-hydrogen) atoms. The van der Waals surface area contributed by atoms with Crippen LogP contribution in [0, 0.1) is 5.92 Å². The summed E-state index contributed by atoms with van der Waals surface area (Å²) in [7, 11) is 4.26. The van der Waals surface area contributed by atoms with E-state index in [0.29, 0.717) is 6.61 Å².